The van der Waals surface area contributed by atoms with Gasteiger partial charge in [0.2, 0.25) is 0 Å². The van der Waals surface area contributed by atoms with Gasteiger partial charge in [-0.15, -0.1) is 11.3 Å². The number of hydrogen-bond donors (Lipinski definition) is 0. The van der Waals surface area contributed by atoms with E-state index in [9.17, 15) is 4.79 Å². The molecule has 0 unspecified atom stereocenters. The molecule has 4 nitrogen and oxygen atoms in total. The van der Waals surface area contributed by atoms with Crippen molar-refractivity contribution >= 4 is 22.9 Å². The zero-order valence-electron chi connectivity index (χ0n) is 15.6. The van der Waals surface area contributed by atoms with Crippen molar-refractivity contribution in [1.82, 2.24) is 9.88 Å². The molecule has 5 heteroatoms. The number of carbonyl (C=O) groups excluding carboxylic acids is 1. The van der Waals surface area contributed by atoms with E-state index in [4.69, 9.17) is 0 Å². The molecule has 1 aliphatic heterocycles. The molecular formula is C20H27N3OS. The molecule has 1 saturated heterocycles. The van der Waals surface area contributed by atoms with E-state index in [1.807, 2.05) is 11.8 Å². The van der Waals surface area contributed by atoms with Crippen LogP contribution in [-0.4, -0.2) is 42.0 Å². The molecule has 25 heavy (non-hydrogen) atoms. The van der Waals surface area contributed by atoms with Gasteiger partial charge >= 0.3 is 0 Å². The monoisotopic (exact) mass is 357 g/mol. The van der Waals surface area contributed by atoms with Crippen LogP contribution in [0.3, 0.4) is 0 Å². The van der Waals surface area contributed by atoms with E-state index in [1.54, 1.807) is 11.3 Å². The van der Waals surface area contributed by atoms with Gasteiger partial charge in [-0.25, -0.2) is 4.98 Å². The number of rotatable bonds is 4. The molecule has 2 heterocycles. The van der Waals surface area contributed by atoms with Crippen LogP contribution in [0.15, 0.2) is 24.3 Å². The van der Waals surface area contributed by atoms with Crippen LogP contribution in [0.25, 0.3) is 0 Å². The van der Waals surface area contributed by atoms with Gasteiger partial charge in [0.1, 0.15) is 4.88 Å². The molecule has 0 N–H and O–H groups in total. The molecule has 0 atom stereocenters. The average Bonchev–Trinajstić information content (AvgIpc) is 2.94. The van der Waals surface area contributed by atoms with Crippen molar-refractivity contribution in [3.8, 4) is 0 Å². The Kier molecular flexibility index (Phi) is 5.42. The van der Waals surface area contributed by atoms with Gasteiger partial charge in [0, 0.05) is 38.3 Å². The number of anilines is 1. The van der Waals surface area contributed by atoms with Crippen molar-refractivity contribution in [2.75, 3.05) is 31.1 Å². The number of amides is 1. The maximum Gasteiger partial charge on any atom is 0.265 e. The third-order valence-corrected chi connectivity index (χ3v) is 5.72. The molecule has 1 fully saturated rings. The molecule has 1 aromatic carbocycles. The number of aromatic nitrogens is 1. The molecule has 134 valence electrons. The van der Waals surface area contributed by atoms with E-state index in [-0.39, 0.29) is 5.91 Å². The van der Waals surface area contributed by atoms with Crippen molar-refractivity contribution in [3.05, 3.63) is 45.4 Å². The van der Waals surface area contributed by atoms with E-state index in [0.717, 1.165) is 48.2 Å². The van der Waals surface area contributed by atoms with Crippen LogP contribution in [0.2, 0.25) is 0 Å². The Hall–Kier alpha value is -1.88. The highest BCUT2D eigenvalue weighted by atomic mass is 32.1. The van der Waals surface area contributed by atoms with Crippen LogP contribution in [-0.2, 0) is 6.42 Å². The third kappa shape index (κ3) is 4.21. The number of hydrogen-bond acceptors (Lipinski definition) is 4. The SMILES string of the molecule is Cc1cccc(N2CCN(C(=O)c3sc(CC(C)C)nc3C)CC2)c1. The summed E-state index contributed by atoms with van der Waals surface area (Å²) in [5, 5.41) is 1.08. The van der Waals surface area contributed by atoms with Gasteiger partial charge in [-0.05, 0) is 37.5 Å². The first-order chi connectivity index (χ1) is 11.9. The maximum absolute atomic E-state index is 12.9. The first-order valence-corrected chi connectivity index (χ1v) is 9.83. The molecule has 0 saturated carbocycles. The Morgan fingerprint density at radius 1 is 1.20 bits per heavy atom. The predicted molar refractivity (Wildman–Crippen MR) is 105 cm³/mol. The fourth-order valence-corrected chi connectivity index (χ4v) is 4.47. The standard InChI is InChI=1S/C20H27N3OS/c1-14(2)12-18-21-16(4)19(25-18)20(24)23-10-8-22(9-11-23)17-7-5-6-15(3)13-17/h5-7,13-14H,8-12H2,1-4H3. The highest BCUT2D eigenvalue weighted by molar-refractivity contribution is 7.13. The summed E-state index contributed by atoms with van der Waals surface area (Å²) >= 11 is 1.57. The van der Waals surface area contributed by atoms with Crippen LogP contribution in [0.1, 0.15) is 39.8 Å². The highest BCUT2D eigenvalue weighted by Gasteiger charge is 2.25. The zero-order valence-corrected chi connectivity index (χ0v) is 16.4. The number of nitrogens with zero attached hydrogens (tertiary/aromatic N) is 3. The van der Waals surface area contributed by atoms with Crippen LogP contribution >= 0.6 is 11.3 Å². The van der Waals surface area contributed by atoms with E-state index >= 15 is 0 Å². The number of piperazine rings is 1. The summed E-state index contributed by atoms with van der Waals surface area (Å²) in [7, 11) is 0. The van der Waals surface area contributed by atoms with E-state index in [2.05, 4.69) is 54.9 Å². The largest absolute Gasteiger partial charge is 0.368 e. The fraction of sp³-hybridized carbons (Fsp3) is 0.500. The molecule has 0 radical (unpaired) electrons. The Bertz CT molecular complexity index is 745. The Labute approximate surface area is 154 Å². The molecule has 3 rings (SSSR count). The molecule has 2 aromatic rings. The molecule has 1 aromatic heterocycles. The second kappa shape index (κ2) is 7.56. The summed E-state index contributed by atoms with van der Waals surface area (Å²) in [5.41, 5.74) is 3.40. The quantitative estimate of drug-likeness (QED) is 0.832. The summed E-state index contributed by atoms with van der Waals surface area (Å²) < 4.78 is 0. The van der Waals surface area contributed by atoms with E-state index in [1.165, 1.54) is 11.3 Å². The molecule has 0 spiro atoms. The second-order valence-electron chi connectivity index (χ2n) is 7.24. The van der Waals surface area contributed by atoms with Gasteiger partial charge in [-0.3, -0.25) is 4.79 Å². The lowest BCUT2D eigenvalue weighted by atomic mass is 10.1. The minimum atomic E-state index is 0.147. The molecule has 1 amide bonds. The van der Waals surface area contributed by atoms with Gasteiger partial charge < -0.3 is 9.80 Å². The van der Waals surface area contributed by atoms with E-state index in [0.29, 0.717) is 5.92 Å². The summed E-state index contributed by atoms with van der Waals surface area (Å²) in [6.07, 6.45) is 0.944. The van der Waals surface area contributed by atoms with E-state index < -0.39 is 0 Å². The smallest absolute Gasteiger partial charge is 0.265 e. The lowest BCUT2D eigenvalue weighted by Gasteiger charge is -2.36. The normalized spacial score (nSPS) is 15.1. The van der Waals surface area contributed by atoms with Gasteiger partial charge in [0.15, 0.2) is 0 Å². The summed E-state index contributed by atoms with van der Waals surface area (Å²) in [6.45, 7) is 11.7. The number of thiazole rings is 1. The molecular weight excluding hydrogens is 330 g/mol. The van der Waals surface area contributed by atoms with Crippen LogP contribution in [0, 0.1) is 19.8 Å². The predicted octanol–water partition coefficient (Wildman–Crippen LogP) is 3.92. The minimum Gasteiger partial charge on any atom is -0.368 e. The summed E-state index contributed by atoms with van der Waals surface area (Å²) in [6, 6.07) is 8.57. The first kappa shape index (κ1) is 17.9. The van der Waals surface area contributed by atoms with Gasteiger partial charge in [-0.1, -0.05) is 26.0 Å². The van der Waals surface area contributed by atoms with Gasteiger partial charge in [-0.2, -0.15) is 0 Å². The lowest BCUT2D eigenvalue weighted by Crippen LogP contribution is -2.48. The van der Waals surface area contributed by atoms with Gasteiger partial charge in [0.25, 0.3) is 5.91 Å². The van der Waals surface area contributed by atoms with Crippen molar-refractivity contribution in [1.29, 1.82) is 0 Å². The Balaban J connectivity index is 1.64. The average molecular weight is 358 g/mol. The van der Waals surface area contributed by atoms with Crippen molar-refractivity contribution < 1.29 is 4.79 Å². The fourth-order valence-electron chi connectivity index (χ4n) is 3.22. The molecule has 1 aliphatic rings. The summed E-state index contributed by atoms with van der Waals surface area (Å²) in [4.78, 5) is 22.7. The van der Waals surface area contributed by atoms with Crippen molar-refractivity contribution in [3.63, 3.8) is 0 Å². The van der Waals surface area contributed by atoms with Crippen LogP contribution in [0.5, 0.6) is 0 Å². The second-order valence-corrected chi connectivity index (χ2v) is 8.32. The van der Waals surface area contributed by atoms with Crippen molar-refractivity contribution in [2.45, 2.75) is 34.1 Å². The van der Waals surface area contributed by atoms with Gasteiger partial charge in [0.05, 0.1) is 10.7 Å². The lowest BCUT2D eigenvalue weighted by molar-refractivity contribution is 0.0750. The topological polar surface area (TPSA) is 36.4 Å². The Morgan fingerprint density at radius 2 is 1.92 bits per heavy atom. The third-order valence-electron chi connectivity index (χ3n) is 4.55. The number of aryl methyl sites for hydroxylation is 2. The Morgan fingerprint density at radius 3 is 2.56 bits per heavy atom. The van der Waals surface area contributed by atoms with Crippen LogP contribution < -0.4 is 4.90 Å². The molecule has 0 bridgehead atoms. The minimum absolute atomic E-state index is 0.147. The highest BCUT2D eigenvalue weighted by Crippen LogP contribution is 2.24. The molecule has 0 aliphatic carbocycles. The maximum atomic E-state index is 12.9. The zero-order chi connectivity index (χ0) is 18.0. The van der Waals surface area contributed by atoms with Crippen molar-refractivity contribution in [2.24, 2.45) is 5.92 Å². The summed E-state index contributed by atoms with van der Waals surface area (Å²) in [5.74, 6) is 0.709. The number of carbonyl (C=O) groups is 1. The number of benzene rings is 1. The first-order valence-electron chi connectivity index (χ1n) is 9.01. The van der Waals surface area contributed by atoms with Crippen LogP contribution in [0.4, 0.5) is 5.69 Å².